The van der Waals surface area contributed by atoms with Crippen LogP contribution in [0.1, 0.15) is 4.88 Å². The van der Waals surface area contributed by atoms with E-state index < -0.39 is 0 Å². The summed E-state index contributed by atoms with van der Waals surface area (Å²) in [5.41, 5.74) is 5.87. The average molecular weight is 463 g/mol. The molecule has 3 nitrogen and oxygen atoms in total. The van der Waals surface area contributed by atoms with Gasteiger partial charge in [0.25, 0.3) is 0 Å². The smallest absolute Gasteiger partial charge is 0.135 e. The van der Waals surface area contributed by atoms with Gasteiger partial charge in [0, 0.05) is 9.35 Å². The molecule has 2 aromatic rings. The number of aromatic nitrogens is 2. The molecule has 0 radical (unpaired) electrons. The first-order chi connectivity index (χ1) is 7.08. The Bertz CT molecular complexity index is 475. The van der Waals surface area contributed by atoms with Gasteiger partial charge < -0.3 is 5.73 Å². The molecule has 15 heavy (non-hydrogen) atoms. The van der Waals surface area contributed by atoms with E-state index in [1.165, 1.54) is 4.88 Å². The van der Waals surface area contributed by atoms with Gasteiger partial charge in [0.1, 0.15) is 5.82 Å². The molecule has 0 spiro atoms. The van der Waals surface area contributed by atoms with E-state index in [1.54, 1.807) is 22.2 Å². The molecule has 2 N–H and O–H groups in total. The van der Waals surface area contributed by atoms with Crippen LogP contribution in [-0.4, -0.2) is 9.78 Å². The zero-order valence-electron chi connectivity index (χ0n) is 7.38. The standard InChI is InChI=1S/C8H6Br2IN3S/c9-5-1-4(15-7(5)10)3-14-8(12)6(11)2-13-14/h1-2H,3,12H2. The Hall–Kier alpha value is 0.400. The topological polar surface area (TPSA) is 43.8 Å². The highest BCUT2D eigenvalue weighted by molar-refractivity contribution is 14.1. The minimum atomic E-state index is 0.712. The Kier molecular flexibility index (Phi) is 3.74. The SMILES string of the molecule is Nc1c(I)cnn1Cc1cc(Br)c(Br)s1. The number of nitrogen functional groups attached to an aromatic ring is 1. The normalized spacial score (nSPS) is 10.9. The molecular formula is C8H6Br2IN3S. The minimum Gasteiger partial charge on any atom is -0.383 e. The fraction of sp³-hybridized carbons (Fsp3) is 0.125. The second kappa shape index (κ2) is 4.72. The number of anilines is 1. The Morgan fingerprint density at radius 2 is 2.27 bits per heavy atom. The molecule has 2 aromatic heterocycles. The molecule has 80 valence electrons. The summed E-state index contributed by atoms with van der Waals surface area (Å²) >= 11 is 10.8. The second-order valence-electron chi connectivity index (χ2n) is 2.87. The number of rotatable bonds is 2. The summed E-state index contributed by atoms with van der Waals surface area (Å²) < 4.78 is 4.95. The van der Waals surface area contributed by atoms with Crippen LogP contribution in [0.2, 0.25) is 0 Å². The lowest BCUT2D eigenvalue weighted by Crippen LogP contribution is -2.04. The molecule has 0 saturated carbocycles. The molecule has 2 heterocycles. The molecule has 0 unspecified atom stereocenters. The van der Waals surface area contributed by atoms with Crippen LogP contribution in [0.5, 0.6) is 0 Å². The van der Waals surface area contributed by atoms with Crippen molar-refractivity contribution >= 4 is 71.6 Å². The number of thiophene rings is 1. The van der Waals surface area contributed by atoms with Gasteiger partial charge in [-0.25, -0.2) is 4.68 Å². The van der Waals surface area contributed by atoms with Crippen molar-refractivity contribution in [3.05, 3.63) is 29.0 Å². The molecule has 0 aliphatic heterocycles. The second-order valence-corrected chi connectivity index (χ2v) is 7.34. The fourth-order valence-corrected chi connectivity index (χ4v) is 3.68. The van der Waals surface area contributed by atoms with Crippen LogP contribution in [0.15, 0.2) is 20.5 Å². The van der Waals surface area contributed by atoms with Gasteiger partial charge in [-0.2, -0.15) is 5.10 Å². The van der Waals surface area contributed by atoms with Gasteiger partial charge >= 0.3 is 0 Å². The van der Waals surface area contributed by atoms with Crippen molar-refractivity contribution in [2.45, 2.75) is 6.54 Å². The zero-order valence-corrected chi connectivity index (χ0v) is 13.5. The van der Waals surface area contributed by atoms with E-state index in [1.807, 2.05) is 0 Å². The summed E-state index contributed by atoms with van der Waals surface area (Å²) in [6.07, 6.45) is 1.77. The van der Waals surface area contributed by atoms with Gasteiger partial charge in [-0.15, -0.1) is 11.3 Å². The van der Waals surface area contributed by atoms with Crippen molar-refractivity contribution in [3.8, 4) is 0 Å². The van der Waals surface area contributed by atoms with Crippen LogP contribution >= 0.6 is 65.8 Å². The number of hydrogen-bond acceptors (Lipinski definition) is 3. The number of halogens is 3. The van der Waals surface area contributed by atoms with Crippen molar-refractivity contribution < 1.29 is 0 Å². The Morgan fingerprint density at radius 1 is 1.53 bits per heavy atom. The van der Waals surface area contributed by atoms with Crippen LogP contribution in [0.4, 0.5) is 5.82 Å². The van der Waals surface area contributed by atoms with E-state index in [-0.39, 0.29) is 0 Å². The number of hydrogen-bond donors (Lipinski definition) is 1. The van der Waals surface area contributed by atoms with Crippen LogP contribution in [0, 0.1) is 3.57 Å². The van der Waals surface area contributed by atoms with E-state index in [2.05, 4.69) is 65.6 Å². The predicted octanol–water partition coefficient (Wildman–Crippen LogP) is 3.70. The van der Waals surface area contributed by atoms with E-state index in [0.717, 1.165) is 17.6 Å². The lowest BCUT2D eigenvalue weighted by molar-refractivity contribution is 0.705. The molecule has 0 aliphatic carbocycles. The van der Waals surface area contributed by atoms with Crippen molar-refractivity contribution in [1.29, 1.82) is 0 Å². The highest BCUT2D eigenvalue weighted by atomic mass is 127. The first kappa shape index (κ1) is 11.9. The lowest BCUT2D eigenvalue weighted by atomic mass is 10.4. The Labute approximate surface area is 121 Å². The molecule has 0 bridgehead atoms. The van der Waals surface area contributed by atoms with E-state index >= 15 is 0 Å². The van der Waals surface area contributed by atoms with Crippen molar-refractivity contribution in [2.75, 3.05) is 5.73 Å². The summed E-state index contributed by atoms with van der Waals surface area (Å²) in [6.45, 7) is 0.712. The predicted molar refractivity (Wildman–Crippen MR) is 78.2 cm³/mol. The minimum absolute atomic E-state index is 0.712. The first-order valence-electron chi connectivity index (χ1n) is 3.98. The van der Waals surface area contributed by atoms with Crippen molar-refractivity contribution in [1.82, 2.24) is 9.78 Å². The molecule has 0 fully saturated rings. The molecule has 0 amide bonds. The quantitative estimate of drug-likeness (QED) is 0.691. The van der Waals surface area contributed by atoms with Gasteiger partial charge in [-0.1, -0.05) is 0 Å². The lowest BCUT2D eigenvalue weighted by Gasteiger charge is -2.00. The third-order valence-corrected chi connectivity index (χ3v) is 5.91. The maximum Gasteiger partial charge on any atom is 0.135 e. The molecule has 0 aliphatic rings. The fourth-order valence-electron chi connectivity index (χ4n) is 1.11. The Balaban J connectivity index is 2.25. The zero-order chi connectivity index (χ0) is 11.0. The summed E-state index contributed by atoms with van der Waals surface area (Å²) in [5, 5.41) is 4.21. The van der Waals surface area contributed by atoms with E-state index in [0.29, 0.717) is 6.54 Å². The van der Waals surface area contributed by atoms with Gasteiger partial charge in [0.2, 0.25) is 0 Å². The van der Waals surface area contributed by atoms with E-state index in [9.17, 15) is 0 Å². The molecule has 7 heteroatoms. The maximum absolute atomic E-state index is 5.87. The Morgan fingerprint density at radius 3 is 2.73 bits per heavy atom. The summed E-state index contributed by atoms with van der Waals surface area (Å²) in [6, 6.07) is 2.07. The third kappa shape index (κ3) is 2.56. The molecule has 0 aromatic carbocycles. The van der Waals surface area contributed by atoms with Gasteiger partial charge in [-0.3, -0.25) is 0 Å². The average Bonchev–Trinajstić information content (AvgIpc) is 2.65. The highest BCUT2D eigenvalue weighted by Crippen LogP contribution is 2.33. The number of nitrogens with zero attached hydrogens (tertiary/aromatic N) is 2. The first-order valence-corrected chi connectivity index (χ1v) is 7.46. The monoisotopic (exact) mass is 461 g/mol. The van der Waals surface area contributed by atoms with Crippen LogP contribution in [-0.2, 0) is 6.54 Å². The van der Waals surface area contributed by atoms with Crippen molar-refractivity contribution in [3.63, 3.8) is 0 Å². The van der Waals surface area contributed by atoms with Gasteiger partial charge in [-0.05, 0) is 60.5 Å². The maximum atomic E-state index is 5.87. The molecular weight excluding hydrogens is 457 g/mol. The van der Waals surface area contributed by atoms with Gasteiger partial charge in [0.05, 0.1) is 20.1 Å². The third-order valence-electron chi connectivity index (χ3n) is 1.84. The van der Waals surface area contributed by atoms with Crippen LogP contribution < -0.4 is 5.73 Å². The highest BCUT2D eigenvalue weighted by Gasteiger charge is 2.08. The summed E-state index contributed by atoms with van der Waals surface area (Å²) in [7, 11) is 0. The summed E-state index contributed by atoms with van der Waals surface area (Å²) in [4.78, 5) is 1.21. The molecule has 0 atom stereocenters. The van der Waals surface area contributed by atoms with Gasteiger partial charge in [0.15, 0.2) is 0 Å². The number of nitrogens with two attached hydrogens (primary N) is 1. The van der Waals surface area contributed by atoms with Crippen LogP contribution in [0.25, 0.3) is 0 Å². The van der Waals surface area contributed by atoms with Crippen LogP contribution in [0.3, 0.4) is 0 Å². The molecule has 2 rings (SSSR count). The van der Waals surface area contributed by atoms with Crippen molar-refractivity contribution in [2.24, 2.45) is 0 Å². The molecule has 0 saturated heterocycles. The van der Waals surface area contributed by atoms with E-state index in [4.69, 9.17) is 5.73 Å². The summed E-state index contributed by atoms with van der Waals surface area (Å²) in [5.74, 6) is 0.719. The largest absolute Gasteiger partial charge is 0.383 e.